The van der Waals surface area contributed by atoms with Gasteiger partial charge in [0.25, 0.3) is 10.0 Å². The lowest BCUT2D eigenvalue weighted by molar-refractivity contribution is 0.240. The first-order valence-corrected chi connectivity index (χ1v) is 10.5. The Balaban J connectivity index is 2.27. The van der Waals surface area contributed by atoms with Crippen molar-refractivity contribution in [1.82, 2.24) is 4.31 Å². The van der Waals surface area contributed by atoms with Gasteiger partial charge in [-0.1, -0.05) is 18.5 Å². The van der Waals surface area contributed by atoms with E-state index in [4.69, 9.17) is 17.3 Å². The molecule has 0 aromatic carbocycles. The van der Waals surface area contributed by atoms with Gasteiger partial charge in [0.15, 0.2) is 0 Å². The molecule has 0 aliphatic heterocycles. The minimum absolute atomic E-state index is 0.0504. The molecule has 0 radical (unpaired) electrons. The third kappa shape index (κ3) is 4.00. The average Bonchev–Trinajstić information content (AvgIpc) is 2.78. The van der Waals surface area contributed by atoms with E-state index in [0.717, 1.165) is 32.1 Å². The Bertz CT molecular complexity index is 563. The Morgan fingerprint density at radius 1 is 1.43 bits per heavy atom. The summed E-state index contributed by atoms with van der Waals surface area (Å²) in [4.78, 5) is 0. The second kappa shape index (κ2) is 7.27. The van der Waals surface area contributed by atoms with E-state index in [1.54, 1.807) is 4.31 Å². The fourth-order valence-corrected chi connectivity index (χ4v) is 6.98. The van der Waals surface area contributed by atoms with Gasteiger partial charge < -0.3 is 5.73 Å². The Hall–Kier alpha value is 0.340. The van der Waals surface area contributed by atoms with Crippen molar-refractivity contribution in [2.45, 2.75) is 55.3 Å². The molecule has 8 heteroatoms. The highest BCUT2D eigenvalue weighted by atomic mass is 79.9. The van der Waals surface area contributed by atoms with Crippen molar-refractivity contribution in [1.29, 1.82) is 0 Å². The Morgan fingerprint density at radius 2 is 2.05 bits per heavy atom. The molecule has 1 saturated carbocycles. The van der Waals surface area contributed by atoms with Crippen LogP contribution < -0.4 is 5.73 Å². The number of sulfonamides is 1. The van der Waals surface area contributed by atoms with E-state index < -0.39 is 10.0 Å². The number of rotatable bonds is 5. The Morgan fingerprint density at radius 3 is 2.52 bits per heavy atom. The minimum Gasteiger partial charge on any atom is -0.328 e. The standard InChI is InChI=1S/C13H20BrClN2O2S2/c1-2-7-17(10-5-3-9(16)4-6-10)21(18,19)12-8-11(15)13(14)20-12/h8-10H,2-7,16H2,1H3. The quantitative estimate of drug-likeness (QED) is 0.794. The van der Waals surface area contributed by atoms with Crippen molar-refractivity contribution >= 4 is 48.9 Å². The normalized spacial score (nSPS) is 23.7. The number of hydrogen-bond acceptors (Lipinski definition) is 4. The lowest BCUT2D eigenvalue weighted by Crippen LogP contribution is -2.44. The maximum absolute atomic E-state index is 12.9. The van der Waals surface area contributed by atoms with Crippen molar-refractivity contribution in [3.63, 3.8) is 0 Å². The van der Waals surface area contributed by atoms with E-state index in [0.29, 0.717) is 19.6 Å². The summed E-state index contributed by atoms with van der Waals surface area (Å²) in [6, 6.07) is 1.79. The molecule has 0 saturated heterocycles. The zero-order valence-electron chi connectivity index (χ0n) is 11.9. The minimum atomic E-state index is -3.49. The van der Waals surface area contributed by atoms with E-state index in [9.17, 15) is 8.42 Å². The molecule has 4 nitrogen and oxygen atoms in total. The van der Waals surface area contributed by atoms with E-state index >= 15 is 0 Å². The lowest BCUT2D eigenvalue weighted by atomic mass is 9.92. The Kier molecular flexibility index (Phi) is 6.13. The lowest BCUT2D eigenvalue weighted by Gasteiger charge is -2.34. The molecule has 0 spiro atoms. The van der Waals surface area contributed by atoms with Crippen LogP contribution in [0.3, 0.4) is 0 Å². The smallest absolute Gasteiger partial charge is 0.252 e. The molecule has 1 aliphatic carbocycles. The van der Waals surface area contributed by atoms with Crippen LogP contribution >= 0.6 is 38.9 Å². The largest absolute Gasteiger partial charge is 0.328 e. The fraction of sp³-hybridized carbons (Fsp3) is 0.692. The van der Waals surface area contributed by atoms with Crippen molar-refractivity contribution in [2.75, 3.05) is 6.54 Å². The second-order valence-corrected chi connectivity index (χ2v) is 10.3. The van der Waals surface area contributed by atoms with Crippen molar-refractivity contribution in [3.05, 3.63) is 14.9 Å². The van der Waals surface area contributed by atoms with Crippen molar-refractivity contribution in [2.24, 2.45) is 5.73 Å². The molecule has 21 heavy (non-hydrogen) atoms. The van der Waals surface area contributed by atoms with Gasteiger partial charge in [-0.2, -0.15) is 4.31 Å². The molecule has 1 heterocycles. The predicted octanol–water partition coefficient (Wildman–Crippen LogP) is 3.83. The van der Waals surface area contributed by atoms with Gasteiger partial charge in [0.2, 0.25) is 0 Å². The molecule has 1 aromatic rings. The molecule has 0 amide bonds. The molecule has 2 N–H and O–H groups in total. The fourth-order valence-electron chi connectivity index (χ4n) is 2.68. The van der Waals surface area contributed by atoms with E-state index in [1.807, 2.05) is 6.92 Å². The van der Waals surface area contributed by atoms with E-state index in [-0.39, 0.29) is 12.1 Å². The number of thiophene rings is 1. The predicted molar refractivity (Wildman–Crippen MR) is 91.4 cm³/mol. The number of nitrogens with two attached hydrogens (primary N) is 1. The number of nitrogens with zero attached hydrogens (tertiary/aromatic N) is 1. The van der Waals surface area contributed by atoms with Crippen LogP contribution in [0.5, 0.6) is 0 Å². The molecule has 2 rings (SSSR count). The summed E-state index contributed by atoms with van der Waals surface area (Å²) in [5, 5.41) is 0.445. The number of hydrogen-bond donors (Lipinski definition) is 1. The van der Waals surface area contributed by atoms with Gasteiger partial charge in [-0.25, -0.2) is 8.42 Å². The van der Waals surface area contributed by atoms with Gasteiger partial charge in [0.1, 0.15) is 4.21 Å². The second-order valence-electron chi connectivity index (χ2n) is 5.37. The van der Waals surface area contributed by atoms with Gasteiger partial charge >= 0.3 is 0 Å². The van der Waals surface area contributed by atoms with Gasteiger partial charge in [-0.3, -0.25) is 0 Å². The molecular weight excluding hydrogens is 396 g/mol. The van der Waals surface area contributed by atoms with Crippen molar-refractivity contribution in [3.8, 4) is 0 Å². The highest BCUT2D eigenvalue weighted by Gasteiger charge is 2.34. The summed E-state index contributed by atoms with van der Waals surface area (Å²) < 4.78 is 28.4. The highest BCUT2D eigenvalue weighted by Crippen LogP contribution is 2.37. The summed E-state index contributed by atoms with van der Waals surface area (Å²) in [7, 11) is -3.49. The van der Waals surface area contributed by atoms with Gasteiger partial charge in [-0.15, -0.1) is 11.3 Å². The van der Waals surface area contributed by atoms with Gasteiger partial charge in [-0.05, 0) is 54.1 Å². The zero-order valence-corrected chi connectivity index (χ0v) is 15.9. The van der Waals surface area contributed by atoms with Crippen LogP contribution in [0.1, 0.15) is 39.0 Å². The van der Waals surface area contributed by atoms with Crippen LogP contribution in [0.15, 0.2) is 14.1 Å². The maximum atomic E-state index is 12.9. The van der Waals surface area contributed by atoms with E-state index in [2.05, 4.69) is 15.9 Å². The summed E-state index contributed by atoms with van der Waals surface area (Å²) in [6.45, 7) is 2.53. The SMILES string of the molecule is CCCN(C1CCC(N)CC1)S(=O)(=O)c1cc(Cl)c(Br)s1. The molecule has 1 aliphatic rings. The van der Waals surface area contributed by atoms with Crippen LogP contribution in [0.25, 0.3) is 0 Å². The highest BCUT2D eigenvalue weighted by molar-refractivity contribution is 9.11. The molecule has 0 atom stereocenters. The van der Waals surface area contributed by atoms with Crippen LogP contribution in [0, 0.1) is 0 Å². The third-order valence-electron chi connectivity index (χ3n) is 3.78. The van der Waals surface area contributed by atoms with E-state index in [1.165, 1.54) is 17.4 Å². The monoisotopic (exact) mass is 414 g/mol. The summed E-state index contributed by atoms with van der Waals surface area (Å²) in [6.07, 6.45) is 4.23. The molecular formula is C13H20BrClN2O2S2. The van der Waals surface area contributed by atoms with Crippen LogP contribution in [-0.2, 0) is 10.0 Å². The summed E-state index contributed by atoms with van der Waals surface area (Å²) in [5.41, 5.74) is 5.92. The zero-order chi connectivity index (χ0) is 15.6. The van der Waals surface area contributed by atoms with Crippen LogP contribution in [-0.4, -0.2) is 31.4 Å². The molecule has 1 aromatic heterocycles. The first kappa shape index (κ1) is 17.7. The third-order valence-corrected chi connectivity index (χ3v) is 8.65. The van der Waals surface area contributed by atoms with Gasteiger partial charge in [0, 0.05) is 18.6 Å². The molecule has 1 fully saturated rings. The first-order chi connectivity index (χ1) is 9.86. The van der Waals surface area contributed by atoms with Gasteiger partial charge in [0.05, 0.1) is 8.81 Å². The average molecular weight is 416 g/mol. The maximum Gasteiger partial charge on any atom is 0.252 e. The summed E-state index contributed by atoms with van der Waals surface area (Å²) >= 11 is 10.4. The molecule has 120 valence electrons. The topological polar surface area (TPSA) is 63.4 Å². The molecule has 0 unspecified atom stereocenters. The summed E-state index contributed by atoms with van der Waals surface area (Å²) in [5.74, 6) is 0. The van der Waals surface area contributed by atoms with Crippen LogP contribution in [0.2, 0.25) is 5.02 Å². The van der Waals surface area contributed by atoms with Crippen molar-refractivity contribution < 1.29 is 8.42 Å². The first-order valence-electron chi connectivity index (χ1n) is 7.08. The number of halogens is 2. The Labute approximate surface area is 143 Å². The molecule has 0 bridgehead atoms. The van der Waals surface area contributed by atoms with Crippen LogP contribution in [0.4, 0.5) is 0 Å².